The van der Waals surface area contributed by atoms with E-state index in [1.54, 1.807) is 23.9 Å². The van der Waals surface area contributed by atoms with Gasteiger partial charge in [0.25, 0.3) is 11.8 Å². The number of carbonyl (C=O) groups excluding carboxylic acids is 2. The number of piperazine rings is 1. The summed E-state index contributed by atoms with van der Waals surface area (Å²) in [4.78, 5) is 33.8. The topological polar surface area (TPSA) is 55.9 Å². The summed E-state index contributed by atoms with van der Waals surface area (Å²) in [5.41, 5.74) is 2.48. The van der Waals surface area contributed by atoms with E-state index in [1.165, 1.54) is 18.6 Å². The van der Waals surface area contributed by atoms with Crippen LogP contribution in [0.15, 0.2) is 53.4 Å². The van der Waals surface area contributed by atoms with Crippen LogP contribution in [0.3, 0.4) is 0 Å². The molecule has 3 fully saturated rings. The first kappa shape index (κ1) is 27.9. The van der Waals surface area contributed by atoms with Gasteiger partial charge in [-0.3, -0.25) is 9.59 Å². The summed E-state index contributed by atoms with van der Waals surface area (Å²) >= 11 is 1.69. The lowest BCUT2D eigenvalue weighted by Gasteiger charge is -2.44. The Labute approximate surface area is 235 Å². The van der Waals surface area contributed by atoms with Crippen LogP contribution in [-0.2, 0) is 11.3 Å². The molecule has 2 heterocycles. The number of amides is 2. The van der Waals surface area contributed by atoms with Gasteiger partial charge in [0.15, 0.2) is 0 Å². The van der Waals surface area contributed by atoms with Gasteiger partial charge in [0, 0.05) is 56.1 Å². The molecule has 208 valence electrons. The average Bonchev–Trinajstić information content (AvgIpc) is 2.95. The lowest BCUT2D eigenvalue weighted by molar-refractivity contribution is -0.130. The normalized spacial score (nSPS) is 23.6. The Kier molecular flexibility index (Phi) is 9.37. The SMILES string of the molecule is CN1CCN(CCCNC(=O)c2ccc(/C=C3\SC4CCCCC4N(Cc4ccc(F)cc4)C3=O)cc2)CC1. The molecule has 2 saturated heterocycles. The first-order chi connectivity index (χ1) is 19.0. The molecule has 39 heavy (non-hydrogen) atoms. The smallest absolute Gasteiger partial charge is 0.260 e. The molecule has 0 spiro atoms. The second kappa shape index (κ2) is 13.1. The Morgan fingerprint density at radius 2 is 1.74 bits per heavy atom. The molecule has 2 amide bonds. The van der Waals surface area contributed by atoms with Crippen molar-refractivity contribution in [1.82, 2.24) is 20.0 Å². The van der Waals surface area contributed by atoms with E-state index in [-0.39, 0.29) is 23.7 Å². The summed E-state index contributed by atoms with van der Waals surface area (Å²) in [7, 11) is 2.15. The van der Waals surface area contributed by atoms with E-state index in [0.29, 0.717) is 23.9 Å². The van der Waals surface area contributed by atoms with Crippen molar-refractivity contribution in [3.05, 3.63) is 75.9 Å². The molecule has 5 rings (SSSR count). The fourth-order valence-corrected chi connectivity index (χ4v) is 7.18. The first-order valence-electron chi connectivity index (χ1n) is 14.2. The van der Waals surface area contributed by atoms with Crippen LogP contribution in [0, 0.1) is 5.82 Å². The molecule has 3 aliphatic rings. The fourth-order valence-electron chi connectivity index (χ4n) is 5.71. The second-order valence-corrected chi connectivity index (χ2v) is 12.2. The second-order valence-electron chi connectivity index (χ2n) is 11.0. The zero-order valence-electron chi connectivity index (χ0n) is 22.8. The number of carbonyl (C=O) groups is 2. The minimum Gasteiger partial charge on any atom is -0.352 e. The van der Waals surface area contributed by atoms with Gasteiger partial charge in [0.2, 0.25) is 0 Å². The largest absolute Gasteiger partial charge is 0.352 e. The molecular formula is C31H39FN4O2S. The number of fused-ring (bicyclic) bond motifs is 1. The van der Waals surface area contributed by atoms with Crippen LogP contribution in [-0.4, -0.2) is 84.1 Å². The van der Waals surface area contributed by atoms with E-state index < -0.39 is 0 Å². The van der Waals surface area contributed by atoms with Gasteiger partial charge in [-0.05, 0) is 74.3 Å². The Bertz CT molecular complexity index is 1160. The molecular weight excluding hydrogens is 511 g/mol. The average molecular weight is 551 g/mol. The number of halogens is 1. The van der Waals surface area contributed by atoms with E-state index in [4.69, 9.17) is 0 Å². The molecule has 0 bridgehead atoms. The predicted molar refractivity (Wildman–Crippen MR) is 156 cm³/mol. The van der Waals surface area contributed by atoms with Gasteiger partial charge in [0.05, 0.1) is 4.91 Å². The third-order valence-electron chi connectivity index (χ3n) is 8.09. The van der Waals surface area contributed by atoms with Crippen molar-refractivity contribution >= 4 is 29.7 Å². The van der Waals surface area contributed by atoms with Gasteiger partial charge in [-0.25, -0.2) is 4.39 Å². The highest BCUT2D eigenvalue weighted by atomic mass is 32.2. The molecule has 6 nitrogen and oxygen atoms in total. The summed E-state index contributed by atoms with van der Waals surface area (Å²) in [6.07, 6.45) is 7.31. The van der Waals surface area contributed by atoms with Crippen molar-refractivity contribution in [2.75, 3.05) is 46.3 Å². The van der Waals surface area contributed by atoms with E-state index in [0.717, 1.165) is 74.4 Å². The third kappa shape index (κ3) is 7.29. The molecule has 2 aliphatic heterocycles. The Balaban J connectivity index is 1.19. The van der Waals surface area contributed by atoms with Gasteiger partial charge < -0.3 is 20.0 Å². The maximum atomic E-state index is 13.6. The number of hydrogen-bond acceptors (Lipinski definition) is 5. The van der Waals surface area contributed by atoms with Crippen LogP contribution < -0.4 is 5.32 Å². The summed E-state index contributed by atoms with van der Waals surface area (Å²) in [5, 5.41) is 3.41. The lowest BCUT2D eigenvalue weighted by Crippen LogP contribution is -2.50. The van der Waals surface area contributed by atoms with Crippen molar-refractivity contribution in [1.29, 1.82) is 0 Å². The minimum atomic E-state index is -0.266. The molecule has 0 radical (unpaired) electrons. The highest BCUT2D eigenvalue weighted by Gasteiger charge is 2.40. The number of nitrogens with one attached hydrogen (secondary N) is 1. The third-order valence-corrected chi connectivity index (χ3v) is 9.49. The molecule has 2 unspecified atom stereocenters. The number of likely N-dealkylation sites (N-methyl/N-ethyl adjacent to an activating group) is 1. The summed E-state index contributed by atoms with van der Waals surface area (Å²) < 4.78 is 13.4. The van der Waals surface area contributed by atoms with Crippen LogP contribution in [0.25, 0.3) is 6.08 Å². The molecule has 0 aromatic heterocycles. The minimum absolute atomic E-state index is 0.0367. The number of benzene rings is 2. The molecule has 1 saturated carbocycles. The highest BCUT2D eigenvalue weighted by molar-refractivity contribution is 8.04. The van der Waals surface area contributed by atoms with Gasteiger partial charge >= 0.3 is 0 Å². The maximum Gasteiger partial charge on any atom is 0.260 e. The number of rotatable bonds is 8. The Morgan fingerprint density at radius 1 is 1.03 bits per heavy atom. The van der Waals surface area contributed by atoms with Crippen molar-refractivity contribution in [3.63, 3.8) is 0 Å². The quantitative estimate of drug-likeness (QED) is 0.384. The molecule has 1 N–H and O–H groups in total. The van der Waals surface area contributed by atoms with Crippen LogP contribution in [0.2, 0.25) is 0 Å². The summed E-state index contributed by atoms with van der Waals surface area (Å²) in [5.74, 6) is -0.293. The van der Waals surface area contributed by atoms with E-state index in [1.807, 2.05) is 35.2 Å². The van der Waals surface area contributed by atoms with E-state index in [2.05, 4.69) is 22.2 Å². The molecule has 1 aliphatic carbocycles. The van der Waals surface area contributed by atoms with E-state index >= 15 is 0 Å². The van der Waals surface area contributed by atoms with Crippen molar-refractivity contribution in [2.24, 2.45) is 0 Å². The zero-order valence-corrected chi connectivity index (χ0v) is 23.6. The van der Waals surface area contributed by atoms with Gasteiger partial charge in [-0.2, -0.15) is 0 Å². The van der Waals surface area contributed by atoms with Crippen LogP contribution >= 0.6 is 11.8 Å². The standard InChI is InChI=1S/C31H39FN4O2S/c1-34-17-19-35(20-18-34)16-4-15-33-30(37)25-11-7-23(8-12-25)21-29-31(38)36(22-24-9-13-26(32)14-10-24)27-5-2-3-6-28(27)39-29/h7-14,21,27-28H,2-6,15-20,22H2,1H3,(H,33,37)/b29-21-. The molecule has 8 heteroatoms. The first-order valence-corrected chi connectivity index (χ1v) is 15.1. The van der Waals surface area contributed by atoms with Gasteiger partial charge in [-0.1, -0.05) is 37.1 Å². The Morgan fingerprint density at radius 3 is 2.49 bits per heavy atom. The van der Waals surface area contributed by atoms with Gasteiger partial charge in [0.1, 0.15) is 5.82 Å². The molecule has 2 atom stereocenters. The molecule has 2 aromatic carbocycles. The number of nitrogens with zero attached hydrogens (tertiary/aromatic N) is 3. The van der Waals surface area contributed by atoms with Gasteiger partial charge in [-0.15, -0.1) is 11.8 Å². The van der Waals surface area contributed by atoms with Crippen molar-refractivity contribution in [3.8, 4) is 0 Å². The van der Waals surface area contributed by atoms with Crippen molar-refractivity contribution < 1.29 is 14.0 Å². The van der Waals surface area contributed by atoms with Crippen LogP contribution in [0.1, 0.15) is 53.6 Å². The number of hydrogen-bond donors (Lipinski definition) is 1. The lowest BCUT2D eigenvalue weighted by atomic mass is 9.92. The van der Waals surface area contributed by atoms with Crippen molar-refractivity contribution in [2.45, 2.75) is 49.9 Å². The summed E-state index contributed by atoms with van der Waals surface area (Å²) in [6.45, 7) is 6.55. The maximum absolute atomic E-state index is 13.6. The van der Waals surface area contributed by atoms with Crippen LogP contribution in [0.5, 0.6) is 0 Å². The number of thioether (sulfide) groups is 1. The van der Waals surface area contributed by atoms with E-state index in [9.17, 15) is 14.0 Å². The fraction of sp³-hybridized carbons (Fsp3) is 0.484. The molecule has 2 aromatic rings. The summed E-state index contributed by atoms with van der Waals surface area (Å²) in [6, 6.07) is 14.1. The zero-order chi connectivity index (χ0) is 27.2. The van der Waals surface area contributed by atoms with Crippen LogP contribution in [0.4, 0.5) is 4.39 Å². The Hall–Kier alpha value is -2.68. The highest BCUT2D eigenvalue weighted by Crippen LogP contribution is 2.42. The monoisotopic (exact) mass is 550 g/mol. The predicted octanol–water partition coefficient (Wildman–Crippen LogP) is 4.62.